The van der Waals surface area contributed by atoms with Crippen molar-refractivity contribution in [3.63, 3.8) is 0 Å². The summed E-state index contributed by atoms with van der Waals surface area (Å²) < 4.78 is 86.5. The molecule has 238 valence electrons. The molecule has 2 aromatic heterocycles. The Kier molecular flexibility index (Phi) is 9.17. The molecule has 0 aliphatic carbocycles. The highest BCUT2D eigenvalue weighted by Crippen LogP contribution is 2.38. The largest absolute Gasteiger partial charge is 0.480 e. The molecular formula is C31H20Cl2F6N4O3. The maximum Gasteiger partial charge on any atom is 0.412 e. The molecule has 3 N–H and O–H groups in total. The highest BCUT2D eigenvalue weighted by Gasteiger charge is 2.41. The van der Waals surface area contributed by atoms with Crippen LogP contribution in [0, 0.1) is 17.5 Å². The number of carbonyl (C=O) groups excluding carboxylic acids is 1. The molecule has 2 heterocycles. The van der Waals surface area contributed by atoms with Crippen LogP contribution in [-0.2, 0) is 11.2 Å². The minimum absolute atomic E-state index is 0.00223. The SMILES string of the molecule is O=C(N[C@@H](Cc1ccc(-c2c(Cl)cc(F)cc2Cl)c2nccn12)C(=O)O)c1c(F)cc(NC(c2ccccc2)C(F)(F)F)cc1F. The highest BCUT2D eigenvalue weighted by atomic mass is 35.5. The average Bonchev–Trinajstić information content (AvgIpc) is 3.46. The summed E-state index contributed by atoms with van der Waals surface area (Å²) >= 11 is 12.4. The molecule has 3 aromatic carbocycles. The second-order valence-corrected chi connectivity index (χ2v) is 10.8. The van der Waals surface area contributed by atoms with Crippen molar-refractivity contribution < 1.29 is 41.0 Å². The number of nitrogens with one attached hydrogen (secondary N) is 2. The van der Waals surface area contributed by atoms with Crippen LogP contribution in [-0.4, -0.2) is 38.6 Å². The summed E-state index contributed by atoms with van der Waals surface area (Å²) in [5.41, 5.74) is -0.803. The predicted molar refractivity (Wildman–Crippen MR) is 158 cm³/mol. The number of aliphatic carboxylic acids is 1. The van der Waals surface area contributed by atoms with Crippen LogP contribution in [0.5, 0.6) is 0 Å². The van der Waals surface area contributed by atoms with E-state index in [1.54, 1.807) is 0 Å². The first-order valence-electron chi connectivity index (χ1n) is 13.3. The molecule has 15 heteroatoms. The molecule has 5 rings (SSSR count). The van der Waals surface area contributed by atoms with Crippen molar-refractivity contribution in [3.05, 3.63) is 123 Å². The number of rotatable bonds is 9. The van der Waals surface area contributed by atoms with E-state index in [-0.39, 0.29) is 32.5 Å². The maximum absolute atomic E-state index is 15.0. The Balaban J connectivity index is 1.40. The Hall–Kier alpha value is -4.75. The van der Waals surface area contributed by atoms with Gasteiger partial charge in [-0.1, -0.05) is 53.5 Å². The minimum atomic E-state index is -4.84. The van der Waals surface area contributed by atoms with Crippen molar-refractivity contribution in [3.8, 4) is 11.1 Å². The summed E-state index contributed by atoms with van der Waals surface area (Å²) in [6.45, 7) is 0. The van der Waals surface area contributed by atoms with Gasteiger partial charge in [0.25, 0.3) is 5.91 Å². The van der Waals surface area contributed by atoms with E-state index in [0.717, 1.165) is 12.1 Å². The van der Waals surface area contributed by atoms with E-state index in [4.69, 9.17) is 23.2 Å². The van der Waals surface area contributed by atoms with E-state index in [1.165, 1.54) is 59.3 Å². The van der Waals surface area contributed by atoms with Crippen molar-refractivity contribution in [1.29, 1.82) is 0 Å². The summed E-state index contributed by atoms with van der Waals surface area (Å²) in [6, 6.07) is 8.70. The number of imidazole rings is 1. The number of hydrogen-bond acceptors (Lipinski definition) is 4. The molecule has 1 amide bonds. The number of hydrogen-bond donors (Lipinski definition) is 3. The normalized spacial score (nSPS) is 13.0. The van der Waals surface area contributed by atoms with E-state index < -0.39 is 65.3 Å². The van der Waals surface area contributed by atoms with Crippen LogP contribution < -0.4 is 10.6 Å². The molecule has 0 saturated heterocycles. The number of carboxylic acids is 1. The summed E-state index contributed by atoms with van der Waals surface area (Å²) in [5, 5.41) is 13.9. The molecule has 0 aliphatic rings. The second kappa shape index (κ2) is 12.9. The summed E-state index contributed by atoms with van der Waals surface area (Å²) in [5.74, 6) is -6.70. The van der Waals surface area contributed by atoms with E-state index >= 15 is 8.78 Å². The van der Waals surface area contributed by atoms with E-state index in [9.17, 15) is 32.3 Å². The molecule has 2 atom stereocenters. The Morgan fingerprint density at radius 3 is 2.15 bits per heavy atom. The standard InChI is InChI=1S/C31H20Cl2F6N4O3/c32-20-10-16(34)11-21(33)25(20)19-7-6-18(43-9-8-40-28(19)43)14-24(30(45)46)42-29(44)26-22(35)12-17(13-23(26)36)41-27(31(37,38)39)15-4-2-1-3-5-15/h1-13,24,27,41H,14H2,(H,42,44)(H,45,46)/t24-,27?/m0/s1. The zero-order valence-electron chi connectivity index (χ0n) is 23.0. The van der Waals surface area contributed by atoms with Crippen LogP contribution in [0.3, 0.4) is 0 Å². The van der Waals surface area contributed by atoms with Crippen molar-refractivity contribution in [2.75, 3.05) is 5.32 Å². The smallest absolute Gasteiger partial charge is 0.412 e. The number of carbonyl (C=O) groups is 2. The summed E-state index contributed by atoms with van der Waals surface area (Å²) in [4.78, 5) is 29.3. The van der Waals surface area contributed by atoms with Gasteiger partial charge in [0.05, 0.1) is 10.0 Å². The summed E-state index contributed by atoms with van der Waals surface area (Å²) in [7, 11) is 0. The number of aromatic nitrogens is 2. The van der Waals surface area contributed by atoms with Gasteiger partial charge in [-0.2, -0.15) is 13.2 Å². The van der Waals surface area contributed by atoms with Gasteiger partial charge in [-0.25, -0.2) is 22.9 Å². The van der Waals surface area contributed by atoms with Gasteiger partial charge in [-0.15, -0.1) is 0 Å². The first-order chi connectivity index (χ1) is 21.7. The Morgan fingerprint density at radius 1 is 0.935 bits per heavy atom. The van der Waals surface area contributed by atoms with Gasteiger partial charge in [-0.3, -0.25) is 4.79 Å². The molecule has 0 spiro atoms. The lowest BCUT2D eigenvalue weighted by molar-refractivity contribution is -0.144. The lowest BCUT2D eigenvalue weighted by Crippen LogP contribution is -2.43. The van der Waals surface area contributed by atoms with Crippen molar-refractivity contribution in [2.45, 2.75) is 24.7 Å². The van der Waals surface area contributed by atoms with Gasteiger partial charge in [0.2, 0.25) is 0 Å². The van der Waals surface area contributed by atoms with Gasteiger partial charge in [0.15, 0.2) is 0 Å². The van der Waals surface area contributed by atoms with Crippen LogP contribution in [0.1, 0.15) is 27.7 Å². The van der Waals surface area contributed by atoms with Gasteiger partial charge in [0.1, 0.15) is 40.7 Å². The first kappa shape index (κ1) is 32.6. The molecule has 7 nitrogen and oxygen atoms in total. The fourth-order valence-electron chi connectivity index (χ4n) is 4.91. The number of anilines is 1. The third kappa shape index (κ3) is 6.75. The third-order valence-electron chi connectivity index (χ3n) is 6.97. The van der Waals surface area contributed by atoms with Crippen LogP contribution in [0.2, 0.25) is 10.0 Å². The predicted octanol–water partition coefficient (Wildman–Crippen LogP) is 7.87. The molecule has 0 bridgehead atoms. The van der Waals surface area contributed by atoms with Crippen molar-refractivity contribution in [1.82, 2.24) is 14.7 Å². The molecule has 0 radical (unpaired) electrons. The lowest BCUT2D eigenvalue weighted by atomic mass is 10.0. The minimum Gasteiger partial charge on any atom is -0.480 e. The zero-order valence-corrected chi connectivity index (χ0v) is 24.6. The van der Waals surface area contributed by atoms with Crippen LogP contribution >= 0.6 is 23.2 Å². The van der Waals surface area contributed by atoms with Crippen molar-refractivity contribution >= 4 is 46.4 Å². The molecule has 0 aliphatic heterocycles. The Labute approximate surface area is 266 Å². The topological polar surface area (TPSA) is 95.7 Å². The number of nitrogens with zero attached hydrogens (tertiary/aromatic N) is 2. The third-order valence-corrected chi connectivity index (χ3v) is 7.56. The average molecular weight is 681 g/mol. The number of amides is 1. The van der Waals surface area contributed by atoms with Crippen LogP contribution in [0.25, 0.3) is 16.8 Å². The van der Waals surface area contributed by atoms with E-state index in [2.05, 4.69) is 10.3 Å². The van der Waals surface area contributed by atoms with E-state index in [0.29, 0.717) is 17.7 Å². The van der Waals surface area contributed by atoms with Gasteiger partial charge in [0, 0.05) is 41.3 Å². The maximum atomic E-state index is 15.0. The van der Waals surface area contributed by atoms with Crippen LogP contribution in [0.15, 0.2) is 79.1 Å². The monoisotopic (exact) mass is 680 g/mol. The number of fused-ring (bicyclic) bond motifs is 1. The Bertz CT molecular complexity index is 1910. The fraction of sp³-hybridized carbons (Fsp3) is 0.129. The fourth-order valence-corrected chi connectivity index (χ4v) is 5.57. The number of alkyl halides is 3. The molecule has 0 saturated carbocycles. The molecular weight excluding hydrogens is 661 g/mol. The van der Waals surface area contributed by atoms with Gasteiger partial charge in [-0.05, 0) is 42.0 Å². The van der Waals surface area contributed by atoms with Crippen molar-refractivity contribution in [2.24, 2.45) is 0 Å². The zero-order chi connectivity index (χ0) is 33.3. The van der Waals surface area contributed by atoms with E-state index in [1.807, 2.05) is 5.32 Å². The number of benzene rings is 3. The van der Waals surface area contributed by atoms with Gasteiger partial charge >= 0.3 is 12.1 Å². The first-order valence-corrected chi connectivity index (χ1v) is 14.0. The quantitative estimate of drug-likeness (QED) is 0.138. The number of halogens is 8. The Morgan fingerprint density at radius 2 is 1.57 bits per heavy atom. The molecule has 0 fully saturated rings. The summed E-state index contributed by atoms with van der Waals surface area (Å²) in [6.07, 6.45) is -2.36. The highest BCUT2D eigenvalue weighted by molar-refractivity contribution is 6.39. The number of carboxylic acid groups (broad SMARTS) is 1. The molecule has 5 aromatic rings. The van der Waals surface area contributed by atoms with Gasteiger partial charge < -0.3 is 20.1 Å². The second-order valence-electron chi connectivity index (χ2n) is 10.0. The molecule has 1 unspecified atom stereocenters. The lowest BCUT2D eigenvalue weighted by Gasteiger charge is -2.23. The van der Waals surface area contributed by atoms with Crippen LogP contribution in [0.4, 0.5) is 32.0 Å². The number of pyridine rings is 1. The molecule has 46 heavy (non-hydrogen) atoms.